The fourth-order valence-electron chi connectivity index (χ4n) is 2.82. The van der Waals surface area contributed by atoms with Crippen molar-refractivity contribution in [1.82, 2.24) is 4.31 Å². The van der Waals surface area contributed by atoms with Gasteiger partial charge in [-0.3, -0.25) is 4.79 Å². The van der Waals surface area contributed by atoms with Crippen LogP contribution < -0.4 is 5.32 Å². The molecule has 27 heavy (non-hydrogen) atoms. The highest BCUT2D eigenvalue weighted by Gasteiger charge is 2.27. The molecule has 1 aliphatic heterocycles. The highest BCUT2D eigenvalue weighted by molar-refractivity contribution is 8.00. The van der Waals surface area contributed by atoms with Crippen molar-refractivity contribution in [3.05, 3.63) is 54.3 Å². The number of carbonyl (C=O) groups excluding carboxylic acids is 1. The normalized spacial score (nSPS) is 16.2. The van der Waals surface area contributed by atoms with Gasteiger partial charge in [-0.15, -0.1) is 11.8 Å². The molecule has 1 N–H and O–H groups in total. The third kappa shape index (κ3) is 4.69. The van der Waals surface area contributed by atoms with Gasteiger partial charge in [0.15, 0.2) is 0 Å². The van der Waals surface area contributed by atoms with E-state index in [4.69, 9.17) is 0 Å². The predicted molar refractivity (Wildman–Crippen MR) is 105 cm³/mol. The zero-order valence-electron chi connectivity index (χ0n) is 14.9. The van der Waals surface area contributed by atoms with Gasteiger partial charge in [0.25, 0.3) is 0 Å². The van der Waals surface area contributed by atoms with Crippen LogP contribution in [0.3, 0.4) is 0 Å². The number of sulfonamides is 1. The molecule has 1 amide bonds. The molecule has 0 spiro atoms. The second kappa shape index (κ2) is 8.41. The van der Waals surface area contributed by atoms with Gasteiger partial charge in [-0.05, 0) is 56.2 Å². The molecule has 1 heterocycles. The van der Waals surface area contributed by atoms with Crippen molar-refractivity contribution in [2.75, 3.05) is 18.4 Å². The number of benzene rings is 2. The largest absolute Gasteiger partial charge is 0.325 e. The van der Waals surface area contributed by atoms with E-state index in [9.17, 15) is 17.6 Å². The maximum Gasteiger partial charge on any atom is 0.243 e. The van der Waals surface area contributed by atoms with Crippen molar-refractivity contribution in [2.45, 2.75) is 34.8 Å². The maximum absolute atomic E-state index is 13.7. The minimum atomic E-state index is -3.47. The summed E-state index contributed by atoms with van der Waals surface area (Å²) in [5.41, 5.74) is 0.501. The summed E-state index contributed by atoms with van der Waals surface area (Å²) < 4.78 is 40.2. The number of anilines is 1. The quantitative estimate of drug-likeness (QED) is 0.740. The van der Waals surface area contributed by atoms with E-state index in [0.717, 1.165) is 24.6 Å². The lowest BCUT2D eigenvalue weighted by Crippen LogP contribution is -2.27. The molecular weight excluding hydrogens is 387 g/mol. The van der Waals surface area contributed by atoms with Crippen molar-refractivity contribution in [1.29, 1.82) is 0 Å². The maximum atomic E-state index is 13.7. The molecule has 2 aromatic rings. The molecule has 0 unspecified atom stereocenters. The van der Waals surface area contributed by atoms with Crippen LogP contribution in [0.25, 0.3) is 0 Å². The van der Waals surface area contributed by atoms with Crippen LogP contribution in [-0.2, 0) is 14.8 Å². The summed E-state index contributed by atoms with van der Waals surface area (Å²) in [5, 5.41) is 2.23. The highest BCUT2D eigenvalue weighted by atomic mass is 32.2. The fourth-order valence-corrected chi connectivity index (χ4v) is 5.22. The molecule has 3 rings (SSSR count). The van der Waals surface area contributed by atoms with Crippen molar-refractivity contribution in [3.8, 4) is 0 Å². The second-order valence-electron chi connectivity index (χ2n) is 6.32. The fraction of sp³-hybridized carbons (Fsp3) is 0.316. The predicted octanol–water partition coefficient (Wildman–Crippen LogP) is 3.73. The van der Waals surface area contributed by atoms with Gasteiger partial charge in [-0.1, -0.05) is 12.1 Å². The van der Waals surface area contributed by atoms with Crippen molar-refractivity contribution < 1.29 is 17.6 Å². The van der Waals surface area contributed by atoms with E-state index in [0.29, 0.717) is 23.7 Å². The van der Waals surface area contributed by atoms with Gasteiger partial charge in [0, 0.05) is 23.7 Å². The molecule has 0 bridgehead atoms. The number of amides is 1. The molecule has 5 nitrogen and oxygen atoms in total. The first-order chi connectivity index (χ1) is 12.9. The van der Waals surface area contributed by atoms with Gasteiger partial charge in [0.1, 0.15) is 5.82 Å². The van der Waals surface area contributed by atoms with Gasteiger partial charge in [0.2, 0.25) is 15.9 Å². The Labute approximate surface area is 163 Å². The van der Waals surface area contributed by atoms with E-state index in [-0.39, 0.29) is 16.6 Å². The molecule has 1 aliphatic rings. The van der Waals surface area contributed by atoms with Gasteiger partial charge in [0.05, 0.1) is 10.1 Å². The van der Waals surface area contributed by atoms with E-state index in [1.165, 1.54) is 22.5 Å². The topological polar surface area (TPSA) is 66.5 Å². The van der Waals surface area contributed by atoms with E-state index >= 15 is 0 Å². The standard InChI is InChI=1S/C19H21FN2O3S2/c1-14(26-18-7-3-2-6-17(18)20)19(23)21-15-8-10-16(11-9-15)27(24,25)22-12-4-5-13-22/h2-3,6-11,14H,4-5,12-13H2,1H3,(H,21,23)/t14-/m1/s1. The van der Waals surface area contributed by atoms with Crippen LogP contribution in [0.5, 0.6) is 0 Å². The summed E-state index contributed by atoms with van der Waals surface area (Å²) in [6.45, 7) is 2.79. The SMILES string of the molecule is C[C@@H](Sc1ccccc1F)C(=O)Nc1ccc(S(=O)(=O)N2CCCC2)cc1. The van der Waals surface area contributed by atoms with Crippen LogP contribution in [-0.4, -0.2) is 37.0 Å². The molecular formula is C19H21FN2O3S2. The minimum Gasteiger partial charge on any atom is -0.325 e. The Morgan fingerprint density at radius 1 is 1.11 bits per heavy atom. The van der Waals surface area contributed by atoms with E-state index in [1.54, 1.807) is 37.3 Å². The van der Waals surface area contributed by atoms with Gasteiger partial charge < -0.3 is 5.32 Å². The zero-order chi connectivity index (χ0) is 19.4. The molecule has 1 fully saturated rings. The number of hydrogen-bond acceptors (Lipinski definition) is 4. The van der Waals surface area contributed by atoms with Crippen LogP contribution in [0.2, 0.25) is 0 Å². The summed E-state index contributed by atoms with van der Waals surface area (Å²) in [7, 11) is -3.47. The van der Waals surface area contributed by atoms with Crippen molar-refractivity contribution >= 4 is 33.4 Å². The lowest BCUT2D eigenvalue weighted by molar-refractivity contribution is -0.115. The van der Waals surface area contributed by atoms with Crippen LogP contribution in [0, 0.1) is 5.82 Å². The number of halogens is 1. The third-order valence-corrected chi connectivity index (χ3v) is 7.40. The lowest BCUT2D eigenvalue weighted by Gasteiger charge is -2.16. The zero-order valence-corrected chi connectivity index (χ0v) is 16.5. The Balaban J connectivity index is 1.64. The summed E-state index contributed by atoms with van der Waals surface area (Å²) in [5.74, 6) is -0.642. The number of nitrogens with one attached hydrogen (secondary N) is 1. The van der Waals surface area contributed by atoms with Gasteiger partial charge in [-0.2, -0.15) is 4.31 Å². The Bertz CT molecular complexity index is 911. The van der Waals surface area contributed by atoms with Crippen molar-refractivity contribution in [2.24, 2.45) is 0 Å². The van der Waals surface area contributed by atoms with Crippen LogP contribution in [0.4, 0.5) is 10.1 Å². The summed E-state index contributed by atoms with van der Waals surface area (Å²) in [6, 6.07) is 12.4. The highest BCUT2D eigenvalue weighted by Crippen LogP contribution is 2.27. The Morgan fingerprint density at radius 3 is 2.37 bits per heavy atom. The molecule has 8 heteroatoms. The molecule has 0 aromatic heterocycles. The molecule has 0 radical (unpaired) electrons. The summed E-state index contributed by atoms with van der Waals surface area (Å²) >= 11 is 1.13. The Morgan fingerprint density at radius 2 is 1.74 bits per heavy atom. The Hall–Kier alpha value is -1.90. The van der Waals surface area contributed by atoms with E-state index in [1.807, 2.05) is 0 Å². The third-order valence-electron chi connectivity index (χ3n) is 4.33. The number of nitrogens with zero attached hydrogens (tertiary/aromatic N) is 1. The van der Waals surface area contributed by atoms with Gasteiger partial charge in [-0.25, -0.2) is 12.8 Å². The molecule has 1 atom stereocenters. The average molecular weight is 409 g/mol. The first-order valence-corrected chi connectivity index (χ1v) is 11.0. The van der Waals surface area contributed by atoms with Crippen LogP contribution in [0.15, 0.2) is 58.3 Å². The molecule has 2 aromatic carbocycles. The molecule has 0 aliphatic carbocycles. The number of carbonyl (C=O) groups is 1. The number of rotatable bonds is 6. The molecule has 0 saturated carbocycles. The molecule has 144 valence electrons. The average Bonchev–Trinajstić information content (AvgIpc) is 3.19. The monoisotopic (exact) mass is 408 g/mol. The molecule has 1 saturated heterocycles. The lowest BCUT2D eigenvalue weighted by atomic mass is 10.3. The first-order valence-electron chi connectivity index (χ1n) is 8.70. The van der Waals surface area contributed by atoms with Crippen molar-refractivity contribution in [3.63, 3.8) is 0 Å². The van der Waals surface area contributed by atoms with Crippen LogP contribution >= 0.6 is 11.8 Å². The minimum absolute atomic E-state index is 0.219. The smallest absolute Gasteiger partial charge is 0.243 e. The number of thioether (sulfide) groups is 1. The summed E-state index contributed by atoms with van der Waals surface area (Å²) in [6.07, 6.45) is 1.76. The van der Waals surface area contributed by atoms with E-state index in [2.05, 4.69) is 5.32 Å². The summed E-state index contributed by atoms with van der Waals surface area (Å²) in [4.78, 5) is 13.0. The van der Waals surface area contributed by atoms with Crippen LogP contribution in [0.1, 0.15) is 19.8 Å². The first kappa shape index (κ1) is 19.9. The van der Waals surface area contributed by atoms with Gasteiger partial charge >= 0.3 is 0 Å². The number of hydrogen-bond donors (Lipinski definition) is 1. The Kier molecular flexibility index (Phi) is 6.18. The van der Waals surface area contributed by atoms with E-state index < -0.39 is 15.3 Å². The second-order valence-corrected chi connectivity index (χ2v) is 9.64.